The Morgan fingerprint density at radius 3 is 2.79 bits per heavy atom. The van der Waals surface area contributed by atoms with E-state index in [-0.39, 0.29) is 24.2 Å². The molecule has 1 aliphatic rings. The van der Waals surface area contributed by atoms with Crippen LogP contribution in [0.3, 0.4) is 0 Å². The summed E-state index contributed by atoms with van der Waals surface area (Å²) >= 11 is 0. The number of alkyl halides is 3. The van der Waals surface area contributed by atoms with Gasteiger partial charge < -0.3 is 13.7 Å². The Labute approximate surface area is 165 Å². The molecule has 0 fully saturated rings. The molecule has 1 aromatic carbocycles. The molecule has 1 unspecified atom stereocenters. The van der Waals surface area contributed by atoms with Gasteiger partial charge in [-0.1, -0.05) is 32.0 Å². The quantitative estimate of drug-likeness (QED) is 0.627. The smallest absolute Gasteiger partial charge is 0.393 e. The van der Waals surface area contributed by atoms with Crippen molar-refractivity contribution >= 4 is 11.2 Å². The average molecular weight is 406 g/mol. The number of halogens is 3. The third kappa shape index (κ3) is 3.63. The van der Waals surface area contributed by atoms with Crippen molar-refractivity contribution in [1.29, 1.82) is 0 Å². The van der Waals surface area contributed by atoms with Crippen molar-refractivity contribution in [3.8, 4) is 5.75 Å². The number of fused-ring (bicyclic) bond motifs is 2. The van der Waals surface area contributed by atoms with E-state index in [2.05, 4.69) is 4.98 Å². The first-order valence-electron chi connectivity index (χ1n) is 9.41. The average Bonchev–Trinajstić information content (AvgIpc) is 3.31. The Bertz CT molecular complexity index is 1100. The molecule has 0 aliphatic carbocycles. The lowest BCUT2D eigenvalue weighted by atomic mass is 9.76. The highest BCUT2D eigenvalue weighted by molar-refractivity contribution is 5.67. The lowest BCUT2D eigenvalue weighted by Crippen LogP contribution is -2.34. The Kier molecular flexibility index (Phi) is 4.67. The summed E-state index contributed by atoms with van der Waals surface area (Å²) in [6, 6.07) is 6.86. The van der Waals surface area contributed by atoms with E-state index in [1.807, 2.05) is 18.2 Å². The van der Waals surface area contributed by atoms with Crippen LogP contribution in [-0.2, 0) is 18.4 Å². The highest BCUT2D eigenvalue weighted by Crippen LogP contribution is 2.44. The van der Waals surface area contributed by atoms with Gasteiger partial charge in [0.25, 0.3) is 0 Å². The van der Waals surface area contributed by atoms with Crippen LogP contribution >= 0.6 is 0 Å². The zero-order chi connectivity index (χ0) is 20.8. The van der Waals surface area contributed by atoms with Gasteiger partial charge in [-0.15, -0.1) is 0 Å². The minimum Gasteiger partial charge on any atom is -0.493 e. The van der Waals surface area contributed by atoms with E-state index in [4.69, 9.17) is 9.15 Å². The van der Waals surface area contributed by atoms with Crippen molar-refractivity contribution in [2.24, 2.45) is 5.92 Å². The summed E-state index contributed by atoms with van der Waals surface area (Å²) in [5.74, 6) is -0.933. The first kappa shape index (κ1) is 19.5. The number of rotatable bonds is 5. The Morgan fingerprint density at radius 2 is 2.03 bits per heavy atom. The maximum Gasteiger partial charge on any atom is 0.393 e. The van der Waals surface area contributed by atoms with Gasteiger partial charge in [0, 0.05) is 30.8 Å². The van der Waals surface area contributed by atoms with E-state index in [0.717, 1.165) is 23.9 Å². The summed E-state index contributed by atoms with van der Waals surface area (Å²) in [4.78, 5) is 15.7. The number of oxazole rings is 1. The van der Waals surface area contributed by atoms with Crippen molar-refractivity contribution < 1.29 is 22.3 Å². The zero-order valence-corrected chi connectivity index (χ0v) is 16.1. The van der Waals surface area contributed by atoms with E-state index in [9.17, 15) is 18.0 Å². The van der Waals surface area contributed by atoms with Crippen LogP contribution in [0.4, 0.5) is 13.2 Å². The second kappa shape index (κ2) is 6.93. The van der Waals surface area contributed by atoms with Gasteiger partial charge in [-0.25, -0.2) is 0 Å². The molecule has 0 amide bonds. The normalized spacial score (nSPS) is 15.3. The van der Waals surface area contributed by atoms with Gasteiger partial charge in [-0.2, -0.15) is 18.2 Å². The monoisotopic (exact) mass is 406 g/mol. The molecule has 0 N–H and O–H groups in total. The lowest BCUT2D eigenvalue weighted by Gasteiger charge is -2.33. The summed E-state index contributed by atoms with van der Waals surface area (Å²) < 4.78 is 54.0. The van der Waals surface area contributed by atoms with Crippen molar-refractivity contribution in [3.63, 3.8) is 0 Å². The molecule has 0 saturated heterocycles. The molecule has 0 saturated carbocycles. The molecule has 3 heterocycles. The van der Waals surface area contributed by atoms with E-state index in [1.54, 1.807) is 13.8 Å². The standard InChI is InChI=1S/C21H21F3N2O3/c1-20(2,15-5-3-4-13-7-9-28-17(13)15)10-14(21(22,23)24)11-26-8-6-16(27)18-19(26)25-12-29-18/h3-6,8,12,14H,7,9-11H2,1-2H3. The summed E-state index contributed by atoms with van der Waals surface area (Å²) in [5, 5.41) is 0. The molecule has 1 aliphatic heterocycles. The second-order valence-corrected chi connectivity index (χ2v) is 8.06. The van der Waals surface area contributed by atoms with Crippen molar-refractivity contribution in [2.45, 2.75) is 44.8 Å². The molecule has 2 aromatic heterocycles. The van der Waals surface area contributed by atoms with Gasteiger partial charge in [-0.05, 0) is 17.4 Å². The molecule has 0 bridgehead atoms. The Morgan fingerprint density at radius 1 is 1.24 bits per heavy atom. The minimum atomic E-state index is -4.42. The number of para-hydroxylation sites is 1. The van der Waals surface area contributed by atoms with Gasteiger partial charge in [0.2, 0.25) is 11.0 Å². The second-order valence-electron chi connectivity index (χ2n) is 8.06. The number of pyridine rings is 1. The minimum absolute atomic E-state index is 0.0398. The summed E-state index contributed by atoms with van der Waals surface area (Å²) in [6.45, 7) is 3.80. The largest absolute Gasteiger partial charge is 0.493 e. The first-order valence-corrected chi connectivity index (χ1v) is 9.41. The van der Waals surface area contributed by atoms with Gasteiger partial charge >= 0.3 is 6.18 Å². The Balaban J connectivity index is 1.68. The van der Waals surface area contributed by atoms with Crippen LogP contribution in [0.2, 0.25) is 0 Å². The number of nitrogens with zero attached hydrogens (tertiary/aromatic N) is 2. The van der Waals surface area contributed by atoms with Crippen LogP contribution in [0, 0.1) is 5.92 Å². The molecule has 4 rings (SSSR count). The van der Waals surface area contributed by atoms with Crippen LogP contribution < -0.4 is 10.2 Å². The fourth-order valence-corrected chi connectivity index (χ4v) is 4.06. The third-order valence-electron chi connectivity index (χ3n) is 5.53. The first-order chi connectivity index (χ1) is 13.7. The molecule has 1 atom stereocenters. The van der Waals surface area contributed by atoms with Gasteiger partial charge in [0.15, 0.2) is 12.0 Å². The number of aromatic nitrogens is 2. The fraction of sp³-hybridized carbons (Fsp3) is 0.429. The molecule has 3 aromatic rings. The lowest BCUT2D eigenvalue weighted by molar-refractivity contribution is -0.183. The highest BCUT2D eigenvalue weighted by Gasteiger charge is 2.44. The van der Waals surface area contributed by atoms with Crippen LogP contribution in [0.1, 0.15) is 31.4 Å². The molecular formula is C21H21F3N2O3. The van der Waals surface area contributed by atoms with Crippen molar-refractivity contribution in [2.75, 3.05) is 6.61 Å². The molecule has 154 valence electrons. The maximum absolute atomic E-state index is 14.0. The molecule has 0 radical (unpaired) electrons. The molecular weight excluding hydrogens is 385 g/mol. The fourth-order valence-electron chi connectivity index (χ4n) is 4.06. The molecule has 8 heteroatoms. The molecule has 5 nitrogen and oxygen atoms in total. The van der Waals surface area contributed by atoms with E-state index in [1.165, 1.54) is 16.8 Å². The van der Waals surface area contributed by atoms with Gasteiger partial charge in [-0.3, -0.25) is 4.79 Å². The predicted molar refractivity (Wildman–Crippen MR) is 101 cm³/mol. The topological polar surface area (TPSA) is 57.3 Å². The summed E-state index contributed by atoms with van der Waals surface area (Å²) in [6.07, 6.45) is -1.39. The maximum atomic E-state index is 14.0. The van der Waals surface area contributed by atoms with Crippen LogP contribution in [0.15, 0.2) is 46.1 Å². The van der Waals surface area contributed by atoms with Crippen LogP contribution in [-0.4, -0.2) is 22.3 Å². The molecule has 0 spiro atoms. The van der Waals surface area contributed by atoms with Gasteiger partial charge in [0.05, 0.1) is 12.5 Å². The van der Waals surface area contributed by atoms with Crippen molar-refractivity contribution in [3.05, 3.63) is 58.2 Å². The SMILES string of the molecule is CC(C)(CC(Cn1ccc(=O)c2ocnc21)C(F)(F)F)c1cccc2c1OCC2. The number of benzene rings is 1. The van der Waals surface area contributed by atoms with Gasteiger partial charge in [0.1, 0.15) is 5.75 Å². The van der Waals surface area contributed by atoms with E-state index < -0.39 is 22.9 Å². The molecule has 29 heavy (non-hydrogen) atoms. The van der Waals surface area contributed by atoms with E-state index in [0.29, 0.717) is 12.4 Å². The van der Waals surface area contributed by atoms with Crippen LogP contribution in [0.5, 0.6) is 5.75 Å². The summed E-state index contributed by atoms with van der Waals surface area (Å²) in [7, 11) is 0. The Hall–Kier alpha value is -2.77. The van der Waals surface area contributed by atoms with E-state index >= 15 is 0 Å². The van der Waals surface area contributed by atoms with Crippen LogP contribution in [0.25, 0.3) is 11.2 Å². The predicted octanol–water partition coefficient (Wildman–Crippen LogP) is 4.47. The zero-order valence-electron chi connectivity index (χ0n) is 16.1. The highest BCUT2D eigenvalue weighted by atomic mass is 19.4. The number of ether oxygens (including phenoxy) is 1. The number of hydrogen-bond donors (Lipinski definition) is 0. The summed E-state index contributed by atoms with van der Waals surface area (Å²) in [5.41, 5.74) is 0.722. The number of hydrogen-bond acceptors (Lipinski definition) is 4. The van der Waals surface area contributed by atoms with Crippen molar-refractivity contribution in [1.82, 2.24) is 9.55 Å². The third-order valence-corrected chi connectivity index (χ3v) is 5.53.